The van der Waals surface area contributed by atoms with Crippen LogP contribution in [0.5, 0.6) is 0 Å². The van der Waals surface area contributed by atoms with Crippen molar-refractivity contribution in [2.24, 2.45) is 5.73 Å². The van der Waals surface area contributed by atoms with Crippen LogP contribution in [-0.2, 0) is 5.41 Å². The summed E-state index contributed by atoms with van der Waals surface area (Å²) < 4.78 is 18.1. The highest BCUT2D eigenvalue weighted by Crippen LogP contribution is 2.30. The SMILES string of the molecule is C#CCC(N)c1nc(C(C)(C)c2ccc(F)cc2)no1. The fourth-order valence-corrected chi connectivity index (χ4v) is 1.85. The van der Waals surface area contributed by atoms with Gasteiger partial charge in [-0.25, -0.2) is 4.39 Å². The van der Waals surface area contributed by atoms with Gasteiger partial charge in [-0.05, 0) is 31.5 Å². The number of terminal acetylenes is 1. The van der Waals surface area contributed by atoms with Crippen LogP contribution in [0.2, 0.25) is 0 Å². The largest absolute Gasteiger partial charge is 0.338 e. The maximum Gasteiger partial charge on any atom is 0.244 e. The van der Waals surface area contributed by atoms with E-state index in [4.69, 9.17) is 16.7 Å². The van der Waals surface area contributed by atoms with Gasteiger partial charge in [0.15, 0.2) is 5.82 Å². The Kier molecular flexibility index (Phi) is 3.86. The number of hydrogen-bond donors (Lipinski definition) is 1. The predicted octanol–water partition coefficient (Wildman–Crippen LogP) is 2.56. The van der Waals surface area contributed by atoms with E-state index < -0.39 is 11.5 Å². The summed E-state index contributed by atoms with van der Waals surface area (Å²) in [4.78, 5) is 4.31. The molecule has 2 aromatic rings. The fraction of sp³-hybridized carbons (Fsp3) is 0.333. The molecule has 1 aromatic carbocycles. The average molecular weight is 273 g/mol. The minimum Gasteiger partial charge on any atom is -0.338 e. The van der Waals surface area contributed by atoms with E-state index in [0.717, 1.165) is 5.56 Å². The van der Waals surface area contributed by atoms with Crippen LogP contribution in [0, 0.1) is 18.2 Å². The maximum absolute atomic E-state index is 13.0. The molecule has 0 saturated heterocycles. The minimum atomic E-state index is -0.509. The summed E-state index contributed by atoms with van der Waals surface area (Å²) in [6.07, 6.45) is 5.54. The Bertz CT molecular complexity index is 625. The molecule has 1 atom stereocenters. The standard InChI is InChI=1S/C15H16FN3O/c1-4-5-12(17)13-18-14(19-20-13)15(2,3)10-6-8-11(16)9-7-10/h1,6-9,12H,5,17H2,2-3H3. The van der Waals surface area contributed by atoms with E-state index in [1.807, 2.05) is 13.8 Å². The van der Waals surface area contributed by atoms with Crippen molar-refractivity contribution in [1.82, 2.24) is 10.1 Å². The number of halogens is 1. The van der Waals surface area contributed by atoms with Crippen molar-refractivity contribution < 1.29 is 8.91 Å². The van der Waals surface area contributed by atoms with Crippen LogP contribution in [0.1, 0.15) is 43.6 Å². The van der Waals surface area contributed by atoms with Crippen LogP contribution in [0.3, 0.4) is 0 Å². The number of benzene rings is 1. The number of nitrogens with zero attached hydrogens (tertiary/aromatic N) is 2. The molecule has 20 heavy (non-hydrogen) atoms. The highest BCUT2D eigenvalue weighted by atomic mass is 19.1. The summed E-state index contributed by atoms with van der Waals surface area (Å²) in [5, 5.41) is 3.96. The van der Waals surface area contributed by atoms with Crippen molar-refractivity contribution in [2.75, 3.05) is 0 Å². The van der Waals surface area contributed by atoms with Crippen LogP contribution in [0.15, 0.2) is 28.8 Å². The third kappa shape index (κ3) is 2.70. The van der Waals surface area contributed by atoms with Gasteiger partial charge < -0.3 is 10.3 Å². The molecule has 1 unspecified atom stereocenters. The smallest absolute Gasteiger partial charge is 0.244 e. The van der Waals surface area contributed by atoms with E-state index in [-0.39, 0.29) is 5.82 Å². The van der Waals surface area contributed by atoms with Gasteiger partial charge in [0.05, 0.1) is 11.5 Å². The molecule has 1 heterocycles. The van der Waals surface area contributed by atoms with Gasteiger partial charge in [0.1, 0.15) is 5.82 Å². The summed E-state index contributed by atoms with van der Waals surface area (Å²) in [5.74, 6) is 2.98. The topological polar surface area (TPSA) is 64.9 Å². The van der Waals surface area contributed by atoms with E-state index in [1.165, 1.54) is 12.1 Å². The highest BCUT2D eigenvalue weighted by molar-refractivity contribution is 5.30. The Labute approximate surface area is 117 Å². The molecule has 0 aliphatic rings. The molecule has 1 aromatic heterocycles. The van der Waals surface area contributed by atoms with E-state index >= 15 is 0 Å². The molecular weight excluding hydrogens is 257 g/mol. The van der Waals surface area contributed by atoms with E-state index in [0.29, 0.717) is 18.1 Å². The van der Waals surface area contributed by atoms with Gasteiger partial charge in [-0.1, -0.05) is 17.3 Å². The monoisotopic (exact) mass is 273 g/mol. The second-order valence-electron chi connectivity index (χ2n) is 5.10. The summed E-state index contributed by atoms with van der Waals surface area (Å²) in [6, 6.07) is 5.74. The molecular formula is C15H16FN3O. The molecule has 4 nitrogen and oxygen atoms in total. The lowest BCUT2D eigenvalue weighted by atomic mass is 9.84. The Morgan fingerprint density at radius 3 is 2.65 bits per heavy atom. The van der Waals surface area contributed by atoms with Crippen LogP contribution >= 0.6 is 0 Å². The summed E-state index contributed by atoms with van der Waals surface area (Å²) in [6.45, 7) is 3.86. The molecule has 0 spiro atoms. The lowest BCUT2D eigenvalue weighted by Crippen LogP contribution is -2.21. The summed E-state index contributed by atoms with van der Waals surface area (Å²) in [5.41, 5.74) is 6.21. The van der Waals surface area contributed by atoms with Gasteiger partial charge in [-0.15, -0.1) is 12.3 Å². The third-order valence-electron chi connectivity index (χ3n) is 3.22. The van der Waals surface area contributed by atoms with Crippen molar-refractivity contribution in [3.05, 3.63) is 47.4 Å². The van der Waals surface area contributed by atoms with E-state index in [9.17, 15) is 4.39 Å². The second-order valence-corrected chi connectivity index (χ2v) is 5.10. The highest BCUT2D eigenvalue weighted by Gasteiger charge is 2.29. The Hall–Kier alpha value is -2.19. The van der Waals surface area contributed by atoms with Crippen LogP contribution in [0.4, 0.5) is 4.39 Å². The zero-order valence-corrected chi connectivity index (χ0v) is 11.4. The molecule has 104 valence electrons. The fourth-order valence-electron chi connectivity index (χ4n) is 1.85. The van der Waals surface area contributed by atoms with Crippen LogP contribution < -0.4 is 5.73 Å². The number of aromatic nitrogens is 2. The molecule has 0 fully saturated rings. The number of rotatable bonds is 4. The zero-order chi connectivity index (χ0) is 14.8. The Balaban J connectivity index is 2.30. The lowest BCUT2D eigenvalue weighted by molar-refractivity contribution is 0.347. The van der Waals surface area contributed by atoms with Crippen molar-refractivity contribution >= 4 is 0 Å². The number of nitrogens with two attached hydrogens (primary N) is 1. The van der Waals surface area contributed by atoms with Crippen molar-refractivity contribution in [2.45, 2.75) is 31.7 Å². The van der Waals surface area contributed by atoms with Gasteiger partial charge in [0.2, 0.25) is 5.89 Å². The quantitative estimate of drug-likeness (QED) is 0.869. The zero-order valence-electron chi connectivity index (χ0n) is 11.4. The molecule has 0 amide bonds. The maximum atomic E-state index is 13.0. The Morgan fingerprint density at radius 1 is 1.40 bits per heavy atom. The van der Waals surface area contributed by atoms with Crippen molar-refractivity contribution in [3.63, 3.8) is 0 Å². The van der Waals surface area contributed by atoms with Gasteiger partial charge in [-0.3, -0.25) is 0 Å². The third-order valence-corrected chi connectivity index (χ3v) is 3.22. The molecule has 0 radical (unpaired) electrons. The number of hydrogen-bond acceptors (Lipinski definition) is 4. The first kappa shape index (κ1) is 14.2. The summed E-state index contributed by atoms with van der Waals surface area (Å²) in [7, 11) is 0. The average Bonchev–Trinajstić information content (AvgIpc) is 2.90. The molecule has 0 aliphatic heterocycles. The first-order valence-electron chi connectivity index (χ1n) is 6.24. The molecule has 2 N–H and O–H groups in total. The lowest BCUT2D eigenvalue weighted by Gasteiger charge is -2.20. The van der Waals surface area contributed by atoms with Gasteiger partial charge in [0.25, 0.3) is 0 Å². The van der Waals surface area contributed by atoms with Crippen LogP contribution in [-0.4, -0.2) is 10.1 Å². The molecule has 5 heteroatoms. The van der Waals surface area contributed by atoms with Crippen LogP contribution in [0.25, 0.3) is 0 Å². The minimum absolute atomic E-state index is 0.283. The van der Waals surface area contributed by atoms with Crippen molar-refractivity contribution in [1.29, 1.82) is 0 Å². The van der Waals surface area contributed by atoms with Crippen molar-refractivity contribution in [3.8, 4) is 12.3 Å². The Morgan fingerprint density at radius 2 is 2.05 bits per heavy atom. The van der Waals surface area contributed by atoms with Gasteiger partial charge in [-0.2, -0.15) is 4.98 Å². The summed E-state index contributed by atoms with van der Waals surface area (Å²) >= 11 is 0. The van der Waals surface area contributed by atoms with Gasteiger partial charge in [0, 0.05) is 6.42 Å². The van der Waals surface area contributed by atoms with Gasteiger partial charge >= 0.3 is 0 Å². The normalized spacial score (nSPS) is 12.9. The van der Waals surface area contributed by atoms with E-state index in [1.54, 1.807) is 12.1 Å². The predicted molar refractivity (Wildman–Crippen MR) is 73.2 cm³/mol. The first-order chi connectivity index (χ1) is 9.45. The molecule has 2 rings (SSSR count). The molecule has 0 bridgehead atoms. The molecule has 0 aliphatic carbocycles. The second kappa shape index (κ2) is 5.43. The first-order valence-corrected chi connectivity index (χ1v) is 6.24. The van der Waals surface area contributed by atoms with E-state index in [2.05, 4.69) is 16.1 Å². The molecule has 0 saturated carbocycles.